The molecular formula is C12H15NO5. The predicted molar refractivity (Wildman–Crippen MR) is 63.0 cm³/mol. The summed E-state index contributed by atoms with van der Waals surface area (Å²) in [7, 11) is 0. The SMILES string of the molecule is O=C[C@H](CC(=O)OCC1=CCCC=C1)NC(=O)O. The Morgan fingerprint density at radius 3 is 2.83 bits per heavy atom. The predicted octanol–water partition coefficient (Wildman–Crippen LogP) is 1.03. The van der Waals surface area contributed by atoms with Crippen molar-refractivity contribution < 1.29 is 24.2 Å². The number of carbonyl (C=O) groups is 3. The van der Waals surface area contributed by atoms with Gasteiger partial charge in [0, 0.05) is 0 Å². The van der Waals surface area contributed by atoms with Crippen molar-refractivity contribution in [2.45, 2.75) is 25.3 Å². The van der Waals surface area contributed by atoms with Crippen LogP contribution in [0.3, 0.4) is 0 Å². The van der Waals surface area contributed by atoms with Gasteiger partial charge in [0.25, 0.3) is 0 Å². The first kappa shape index (κ1) is 14.0. The van der Waals surface area contributed by atoms with Crippen LogP contribution in [0.15, 0.2) is 23.8 Å². The van der Waals surface area contributed by atoms with E-state index in [0.29, 0.717) is 6.29 Å². The molecule has 0 saturated heterocycles. The number of aldehydes is 1. The van der Waals surface area contributed by atoms with E-state index >= 15 is 0 Å². The normalized spacial score (nSPS) is 15.4. The zero-order chi connectivity index (χ0) is 13.4. The maximum absolute atomic E-state index is 11.4. The number of amides is 1. The van der Waals surface area contributed by atoms with E-state index in [4.69, 9.17) is 9.84 Å². The second-order valence-corrected chi connectivity index (χ2v) is 3.82. The van der Waals surface area contributed by atoms with Gasteiger partial charge >= 0.3 is 12.1 Å². The molecule has 1 amide bonds. The van der Waals surface area contributed by atoms with Gasteiger partial charge in [-0.25, -0.2) is 4.79 Å². The number of carboxylic acid groups (broad SMARTS) is 1. The molecule has 1 aliphatic carbocycles. The van der Waals surface area contributed by atoms with Crippen LogP contribution in [0.2, 0.25) is 0 Å². The molecule has 0 spiro atoms. The highest BCUT2D eigenvalue weighted by Crippen LogP contribution is 2.10. The lowest BCUT2D eigenvalue weighted by molar-refractivity contribution is -0.143. The lowest BCUT2D eigenvalue weighted by Gasteiger charge is -2.11. The summed E-state index contributed by atoms with van der Waals surface area (Å²) in [5, 5.41) is 10.3. The number of carbonyl (C=O) groups excluding carboxylic acids is 2. The van der Waals surface area contributed by atoms with Crippen LogP contribution in [0.4, 0.5) is 4.79 Å². The number of nitrogens with one attached hydrogen (secondary N) is 1. The van der Waals surface area contributed by atoms with Crippen LogP contribution in [0.1, 0.15) is 19.3 Å². The van der Waals surface area contributed by atoms with Crippen molar-refractivity contribution in [3.8, 4) is 0 Å². The molecular weight excluding hydrogens is 238 g/mol. The Kier molecular flexibility index (Phi) is 5.63. The van der Waals surface area contributed by atoms with Crippen LogP contribution in [-0.4, -0.2) is 36.1 Å². The van der Waals surface area contributed by atoms with Crippen molar-refractivity contribution >= 4 is 18.3 Å². The summed E-state index contributed by atoms with van der Waals surface area (Å²) in [4.78, 5) is 32.2. The number of rotatable bonds is 6. The van der Waals surface area contributed by atoms with Crippen molar-refractivity contribution in [3.05, 3.63) is 23.8 Å². The van der Waals surface area contributed by atoms with Crippen molar-refractivity contribution in [1.82, 2.24) is 5.32 Å². The highest BCUT2D eigenvalue weighted by Gasteiger charge is 2.16. The minimum Gasteiger partial charge on any atom is -0.465 e. The topological polar surface area (TPSA) is 92.7 Å². The summed E-state index contributed by atoms with van der Waals surface area (Å²) in [6.45, 7) is 0.147. The number of ether oxygens (including phenoxy) is 1. The van der Waals surface area contributed by atoms with Gasteiger partial charge in [0.15, 0.2) is 0 Å². The van der Waals surface area contributed by atoms with E-state index in [0.717, 1.165) is 18.4 Å². The molecule has 0 fully saturated rings. The molecule has 0 aromatic carbocycles. The fourth-order valence-corrected chi connectivity index (χ4v) is 1.47. The third kappa shape index (κ3) is 5.29. The molecule has 6 nitrogen and oxygen atoms in total. The van der Waals surface area contributed by atoms with E-state index < -0.39 is 18.1 Å². The van der Waals surface area contributed by atoms with Gasteiger partial charge in [-0.15, -0.1) is 0 Å². The second kappa shape index (κ2) is 7.26. The maximum Gasteiger partial charge on any atom is 0.405 e. The van der Waals surface area contributed by atoms with Gasteiger partial charge in [-0.3, -0.25) is 4.79 Å². The van der Waals surface area contributed by atoms with E-state index in [1.807, 2.05) is 23.5 Å². The van der Waals surface area contributed by atoms with Gasteiger partial charge in [0.05, 0.1) is 12.5 Å². The van der Waals surface area contributed by atoms with Gasteiger partial charge < -0.3 is 20.0 Å². The lowest BCUT2D eigenvalue weighted by Crippen LogP contribution is -2.37. The standard InChI is InChI=1S/C12H15NO5/c14-7-10(13-12(16)17)6-11(15)18-8-9-4-2-1-3-5-9/h2,4-5,7,10,13H,1,3,6,8H2,(H,16,17)/t10-/m0/s1. The zero-order valence-electron chi connectivity index (χ0n) is 9.80. The molecule has 0 saturated carbocycles. The summed E-state index contributed by atoms with van der Waals surface area (Å²) in [5.41, 5.74) is 0.906. The Bertz CT molecular complexity index is 386. The van der Waals surface area contributed by atoms with Crippen LogP contribution in [0.25, 0.3) is 0 Å². The van der Waals surface area contributed by atoms with Crippen LogP contribution in [0.5, 0.6) is 0 Å². The van der Waals surface area contributed by atoms with Crippen LogP contribution < -0.4 is 5.32 Å². The van der Waals surface area contributed by atoms with Crippen LogP contribution >= 0.6 is 0 Å². The Hall–Kier alpha value is -2.11. The van der Waals surface area contributed by atoms with E-state index in [1.54, 1.807) is 0 Å². The van der Waals surface area contributed by atoms with Crippen molar-refractivity contribution in [1.29, 1.82) is 0 Å². The van der Waals surface area contributed by atoms with Gasteiger partial charge in [0.2, 0.25) is 0 Å². The van der Waals surface area contributed by atoms with E-state index in [2.05, 4.69) is 0 Å². The number of hydrogen-bond donors (Lipinski definition) is 2. The molecule has 0 aromatic heterocycles. The van der Waals surface area contributed by atoms with Crippen molar-refractivity contribution in [2.75, 3.05) is 6.61 Å². The molecule has 2 N–H and O–H groups in total. The molecule has 1 aliphatic rings. The van der Waals surface area contributed by atoms with Crippen LogP contribution in [-0.2, 0) is 14.3 Å². The van der Waals surface area contributed by atoms with Crippen molar-refractivity contribution in [3.63, 3.8) is 0 Å². The maximum atomic E-state index is 11.4. The Labute approximate surface area is 104 Å². The number of hydrogen-bond acceptors (Lipinski definition) is 4. The summed E-state index contributed by atoms with van der Waals surface area (Å²) < 4.78 is 4.95. The quantitative estimate of drug-likeness (QED) is 0.544. The third-order valence-electron chi connectivity index (χ3n) is 2.33. The molecule has 1 atom stereocenters. The first-order valence-electron chi connectivity index (χ1n) is 5.57. The Balaban J connectivity index is 2.31. The minimum atomic E-state index is -1.35. The fourth-order valence-electron chi connectivity index (χ4n) is 1.47. The second-order valence-electron chi connectivity index (χ2n) is 3.82. The molecule has 1 rings (SSSR count). The average Bonchev–Trinajstić information content (AvgIpc) is 2.36. The van der Waals surface area contributed by atoms with Gasteiger partial charge in [-0.1, -0.05) is 18.2 Å². The lowest BCUT2D eigenvalue weighted by atomic mass is 10.1. The van der Waals surface area contributed by atoms with E-state index in [-0.39, 0.29) is 13.0 Å². The average molecular weight is 253 g/mol. The summed E-state index contributed by atoms with van der Waals surface area (Å²) in [6, 6.07) is -1.06. The third-order valence-corrected chi connectivity index (χ3v) is 2.33. The van der Waals surface area contributed by atoms with Gasteiger partial charge in [-0.05, 0) is 18.4 Å². The Morgan fingerprint density at radius 2 is 2.28 bits per heavy atom. The van der Waals surface area contributed by atoms with Crippen molar-refractivity contribution in [2.24, 2.45) is 0 Å². The molecule has 98 valence electrons. The number of allylic oxidation sites excluding steroid dienone is 2. The molecule has 6 heteroatoms. The Morgan fingerprint density at radius 1 is 1.50 bits per heavy atom. The van der Waals surface area contributed by atoms with Gasteiger partial charge in [-0.2, -0.15) is 0 Å². The van der Waals surface area contributed by atoms with E-state index in [1.165, 1.54) is 0 Å². The highest BCUT2D eigenvalue weighted by atomic mass is 16.5. The minimum absolute atomic E-state index is 0.147. The molecule has 0 aliphatic heterocycles. The molecule has 0 bridgehead atoms. The molecule has 18 heavy (non-hydrogen) atoms. The van der Waals surface area contributed by atoms with Gasteiger partial charge in [0.1, 0.15) is 12.9 Å². The summed E-state index contributed by atoms with van der Waals surface area (Å²) in [6.07, 6.45) is 6.46. The summed E-state index contributed by atoms with van der Waals surface area (Å²) in [5.74, 6) is -0.610. The highest BCUT2D eigenvalue weighted by molar-refractivity contribution is 5.79. The molecule has 0 unspecified atom stereocenters. The largest absolute Gasteiger partial charge is 0.465 e. The molecule has 0 heterocycles. The van der Waals surface area contributed by atoms with E-state index in [9.17, 15) is 14.4 Å². The van der Waals surface area contributed by atoms with Crippen LogP contribution in [0, 0.1) is 0 Å². The first-order valence-corrected chi connectivity index (χ1v) is 5.57. The monoisotopic (exact) mass is 253 g/mol. The smallest absolute Gasteiger partial charge is 0.405 e. The fraction of sp³-hybridized carbons (Fsp3) is 0.417. The molecule has 0 radical (unpaired) electrons. The summed E-state index contributed by atoms with van der Waals surface area (Å²) >= 11 is 0. The first-order chi connectivity index (χ1) is 8.61. The molecule has 0 aromatic rings. The number of esters is 1. The zero-order valence-corrected chi connectivity index (χ0v) is 9.80.